The predicted molar refractivity (Wildman–Crippen MR) is 121 cm³/mol. The van der Waals surface area contributed by atoms with Crippen molar-refractivity contribution in [2.24, 2.45) is 0 Å². The second-order valence-electron chi connectivity index (χ2n) is 8.74. The number of carboxylic acid groups (broad SMARTS) is 1. The third kappa shape index (κ3) is 4.33. The quantitative estimate of drug-likeness (QED) is 0.432. The van der Waals surface area contributed by atoms with Crippen LogP contribution in [0, 0.1) is 0 Å². The minimum atomic E-state index is -1.04. The zero-order valence-corrected chi connectivity index (χ0v) is 18.1. The first-order chi connectivity index (χ1) is 15.2. The number of rotatable bonds is 5. The first-order valence-electron chi connectivity index (χ1n) is 10.5. The number of ether oxygens (including phenoxy) is 1. The Balaban J connectivity index is 1.61. The Bertz CT molecular complexity index is 1210. The van der Waals surface area contributed by atoms with Crippen LogP contribution < -0.4 is 4.74 Å². The molecule has 0 radical (unpaired) electrons. The fraction of sp³-hybridized carbons (Fsp3) is 0.222. The van der Waals surface area contributed by atoms with E-state index in [1.165, 1.54) is 12.1 Å². The molecule has 0 aromatic heterocycles. The SMILES string of the molecule is CC1(C)CCC(=O)c2cc(C(=O)Oc3ccc(C(=O)O)c(Cc4ccccc4)c3)ccc21. The molecule has 4 rings (SSSR count). The molecule has 162 valence electrons. The van der Waals surface area contributed by atoms with Gasteiger partial charge in [0, 0.05) is 12.0 Å². The van der Waals surface area contributed by atoms with E-state index in [1.54, 1.807) is 18.2 Å². The average molecular weight is 428 g/mol. The minimum absolute atomic E-state index is 0.0323. The number of carboxylic acids is 1. The maximum absolute atomic E-state index is 12.8. The molecule has 0 unspecified atom stereocenters. The van der Waals surface area contributed by atoms with Gasteiger partial charge in [-0.1, -0.05) is 50.2 Å². The zero-order valence-electron chi connectivity index (χ0n) is 18.1. The Labute approximate surface area is 186 Å². The van der Waals surface area contributed by atoms with Crippen molar-refractivity contribution in [3.05, 3.63) is 100 Å². The summed E-state index contributed by atoms with van der Waals surface area (Å²) in [6.07, 6.45) is 1.64. The average Bonchev–Trinajstić information content (AvgIpc) is 2.77. The van der Waals surface area contributed by atoms with E-state index in [0.717, 1.165) is 17.5 Å². The third-order valence-electron chi connectivity index (χ3n) is 6.02. The molecule has 0 saturated heterocycles. The molecule has 3 aromatic rings. The Hall–Kier alpha value is -3.73. The molecule has 5 heteroatoms. The van der Waals surface area contributed by atoms with Crippen LogP contribution in [0.5, 0.6) is 5.75 Å². The second kappa shape index (κ2) is 8.42. The number of hydrogen-bond donors (Lipinski definition) is 1. The van der Waals surface area contributed by atoms with E-state index >= 15 is 0 Å². The summed E-state index contributed by atoms with van der Waals surface area (Å²) in [6, 6.07) is 19.1. The zero-order chi connectivity index (χ0) is 22.9. The lowest BCUT2D eigenvalue weighted by atomic mass is 9.72. The second-order valence-corrected chi connectivity index (χ2v) is 8.74. The Morgan fingerprint density at radius 2 is 1.75 bits per heavy atom. The smallest absolute Gasteiger partial charge is 0.343 e. The maximum Gasteiger partial charge on any atom is 0.343 e. The van der Waals surface area contributed by atoms with Crippen LogP contribution >= 0.6 is 0 Å². The van der Waals surface area contributed by atoms with Crippen LogP contribution in [0.1, 0.15) is 74.5 Å². The molecule has 1 aliphatic carbocycles. The molecule has 0 bridgehead atoms. The molecule has 0 aliphatic heterocycles. The number of benzene rings is 3. The summed E-state index contributed by atoms with van der Waals surface area (Å²) in [5.41, 5.74) is 3.36. The minimum Gasteiger partial charge on any atom is -0.478 e. The molecule has 0 spiro atoms. The van der Waals surface area contributed by atoms with Gasteiger partial charge in [0.2, 0.25) is 0 Å². The molecule has 3 aromatic carbocycles. The normalized spacial score (nSPS) is 14.5. The van der Waals surface area contributed by atoms with Gasteiger partial charge in [0.15, 0.2) is 5.78 Å². The van der Waals surface area contributed by atoms with E-state index in [-0.39, 0.29) is 22.5 Å². The van der Waals surface area contributed by atoms with Crippen molar-refractivity contribution < 1.29 is 24.2 Å². The van der Waals surface area contributed by atoms with Gasteiger partial charge in [-0.25, -0.2) is 9.59 Å². The predicted octanol–water partition coefficient (Wildman–Crippen LogP) is 5.45. The van der Waals surface area contributed by atoms with Gasteiger partial charge in [0.25, 0.3) is 0 Å². The molecule has 0 saturated carbocycles. The number of esters is 1. The van der Waals surface area contributed by atoms with Crippen LogP contribution in [-0.2, 0) is 11.8 Å². The number of carbonyl (C=O) groups excluding carboxylic acids is 2. The van der Waals surface area contributed by atoms with Gasteiger partial charge in [-0.2, -0.15) is 0 Å². The van der Waals surface area contributed by atoms with Gasteiger partial charge >= 0.3 is 11.9 Å². The van der Waals surface area contributed by atoms with Crippen LogP contribution in [0.3, 0.4) is 0 Å². The summed E-state index contributed by atoms with van der Waals surface area (Å²) >= 11 is 0. The largest absolute Gasteiger partial charge is 0.478 e. The van der Waals surface area contributed by atoms with Crippen LogP contribution in [0.25, 0.3) is 0 Å². The Morgan fingerprint density at radius 1 is 1.00 bits per heavy atom. The first-order valence-corrected chi connectivity index (χ1v) is 10.5. The van der Waals surface area contributed by atoms with E-state index in [4.69, 9.17) is 4.74 Å². The third-order valence-corrected chi connectivity index (χ3v) is 6.02. The maximum atomic E-state index is 12.8. The number of fused-ring (bicyclic) bond motifs is 1. The van der Waals surface area contributed by atoms with E-state index in [1.807, 2.05) is 36.4 Å². The summed E-state index contributed by atoms with van der Waals surface area (Å²) in [4.78, 5) is 36.9. The van der Waals surface area contributed by atoms with Crippen molar-refractivity contribution in [1.82, 2.24) is 0 Å². The standard InChI is InChI=1S/C27H24O5/c1-27(2)13-12-24(28)22-16-18(8-11-23(22)27)26(31)32-20-9-10-21(25(29)30)19(15-20)14-17-6-4-3-5-7-17/h3-11,15-16H,12-14H2,1-2H3,(H,29,30). The van der Waals surface area contributed by atoms with Crippen LogP contribution in [0.2, 0.25) is 0 Å². The molecule has 0 heterocycles. The highest BCUT2D eigenvalue weighted by Crippen LogP contribution is 2.37. The summed E-state index contributed by atoms with van der Waals surface area (Å²) in [7, 11) is 0. The van der Waals surface area contributed by atoms with Gasteiger partial charge in [0.1, 0.15) is 5.75 Å². The van der Waals surface area contributed by atoms with Crippen molar-refractivity contribution in [2.75, 3.05) is 0 Å². The van der Waals surface area contributed by atoms with Gasteiger partial charge in [-0.05, 0) is 65.3 Å². The highest BCUT2D eigenvalue weighted by atomic mass is 16.5. The number of hydrogen-bond acceptors (Lipinski definition) is 4. The number of aromatic carboxylic acids is 1. The molecule has 32 heavy (non-hydrogen) atoms. The van der Waals surface area contributed by atoms with E-state index < -0.39 is 11.9 Å². The molecule has 1 aliphatic rings. The highest BCUT2D eigenvalue weighted by molar-refractivity contribution is 6.02. The van der Waals surface area contributed by atoms with Gasteiger partial charge in [-0.15, -0.1) is 0 Å². The molecular formula is C27H24O5. The fourth-order valence-corrected chi connectivity index (χ4v) is 4.16. The molecule has 0 fully saturated rings. The van der Waals surface area contributed by atoms with E-state index in [0.29, 0.717) is 29.5 Å². The van der Waals surface area contributed by atoms with E-state index in [2.05, 4.69) is 13.8 Å². The van der Waals surface area contributed by atoms with Crippen molar-refractivity contribution in [3.8, 4) is 5.75 Å². The molecular weight excluding hydrogens is 404 g/mol. The monoisotopic (exact) mass is 428 g/mol. The van der Waals surface area contributed by atoms with Crippen LogP contribution in [-0.4, -0.2) is 22.8 Å². The summed E-state index contributed by atoms with van der Waals surface area (Å²) < 4.78 is 5.55. The van der Waals surface area contributed by atoms with E-state index in [9.17, 15) is 19.5 Å². The van der Waals surface area contributed by atoms with Gasteiger partial charge < -0.3 is 9.84 Å². The lowest BCUT2D eigenvalue weighted by molar-refractivity contribution is 0.0695. The number of carbonyl (C=O) groups is 3. The fourth-order valence-electron chi connectivity index (χ4n) is 4.16. The molecule has 0 atom stereocenters. The van der Waals surface area contributed by atoms with Crippen molar-refractivity contribution in [2.45, 2.75) is 38.5 Å². The Morgan fingerprint density at radius 3 is 2.47 bits per heavy atom. The van der Waals surface area contributed by atoms with Gasteiger partial charge in [0.05, 0.1) is 11.1 Å². The summed E-state index contributed by atoms with van der Waals surface area (Å²) in [5.74, 6) is -1.33. The lowest BCUT2D eigenvalue weighted by Crippen LogP contribution is -2.27. The topological polar surface area (TPSA) is 80.7 Å². The molecule has 5 nitrogen and oxygen atoms in total. The van der Waals surface area contributed by atoms with Crippen LogP contribution in [0.4, 0.5) is 0 Å². The van der Waals surface area contributed by atoms with Crippen molar-refractivity contribution in [1.29, 1.82) is 0 Å². The molecule has 0 amide bonds. The highest BCUT2D eigenvalue weighted by Gasteiger charge is 2.32. The Kier molecular flexibility index (Phi) is 5.66. The summed E-state index contributed by atoms with van der Waals surface area (Å²) in [6.45, 7) is 4.18. The lowest BCUT2D eigenvalue weighted by Gasteiger charge is -2.31. The molecule has 1 N–H and O–H groups in total. The first kappa shape index (κ1) is 21.5. The number of Topliss-reactive ketones (excluding diaryl/α,β-unsaturated/α-hetero) is 1. The summed E-state index contributed by atoms with van der Waals surface area (Å²) in [5, 5.41) is 9.53. The van der Waals surface area contributed by atoms with Gasteiger partial charge in [-0.3, -0.25) is 4.79 Å². The van der Waals surface area contributed by atoms with Crippen molar-refractivity contribution >= 4 is 17.7 Å². The number of ketones is 1. The van der Waals surface area contributed by atoms with Crippen molar-refractivity contribution in [3.63, 3.8) is 0 Å². The van der Waals surface area contributed by atoms with Crippen LogP contribution in [0.15, 0.2) is 66.7 Å².